The summed E-state index contributed by atoms with van der Waals surface area (Å²) in [7, 11) is 0. The van der Waals surface area contributed by atoms with Crippen molar-refractivity contribution in [1.29, 1.82) is 0 Å². The Morgan fingerprint density at radius 1 is 1.30 bits per heavy atom. The number of carbonyl (C=O) groups is 1. The van der Waals surface area contributed by atoms with Crippen molar-refractivity contribution in [1.82, 2.24) is 20.2 Å². The van der Waals surface area contributed by atoms with E-state index in [1.807, 2.05) is 23.6 Å². The third-order valence-electron chi connectivity index (χ3n) is 5.50. The minimum Gasteiger partial charge on any atom is -0.383 e. The van der Waals surface area contributed by atoms with Crippen molar-refractivity contribution >= 4 is 11.6 Å². The molecule has 2 bridgehead atoms. The van der Waals surface area contributed by atoms with Gasteiger partial charge in [0.05, 0.1) is 0 Å². The van der Waals surface area contributed by atoms with Gasteiger partial charge < -0.3 is 20.5 Å². The number of pyridine rings is 2. The van der Waals surface area contributed by atoms with Gasteiger partial charge in [-0.1, -0.05) is 0 Å². The number of aryl methyl sites for hydroxylation is 1. The number of fused-ring (bicyclic) bond motifs is 4. The molecule has 27 heavy (non-hydrogen) atoms. The Bertz CT molecular complexity index is 907. The maximum absolute atomic E-state index is 12.8. The van der Waals surface area contributed by atoms with Crippen molar-refractivity contribution in [3.05, 3.63) is 57.8 Å². The van der Waals surface area contributed by atoms with Crippen LogP contribution in [-0.4, -0.2) is 41.6 Å². The summed E-state index contributed by atoms with van der Waals surface area (Å²) in [6.07, 6.45) is 4.64. The van der Waals surface area contributed by atoms with Gasteiger partial charge in [0.2, 0.25) is 0 Å². The SMILES string of the molecule is Cc1cnccc1NCCNC(=O)c1ccc2n(c1=O)C[C@@H]1CNC[C@H]2C1. The highest BCUT2D eigenvalue weighted by atomic mass is 16.2. The molecule has 142 valence electrons. The summed E-state index contributed by atoms with van der Waals surface area (Å²) in [6, 6.07) is 5.53. The van der Waals surface area contributed by atoms with Gasteiger partial charge in [-0.15, -0.1) is 0 Å². The van der Waals surface area contributed by atoms with E-state index in [-0.39, 0.29) is 17.0 Å². The molecular weight excluding hydrogens is 342 g/mol. The van der Waals surface area contributed by atoms with Crippen LogP contribution >= 0.6 is 0 Å². The lowest BCUT2D eigenvalue weighted by Crippen LogP contribution is -2.46. The lowest BCUT2D eigenvalue weighted by Gasteiger charge is -2.37. The second-order valence-electron chi connectivity index (χ2n) is 7.42. The zero-order valence-corrected chi connectivity index (χ0v) is 15.5. The highest BCUT2D eigenvalue weighted by molar-refractivity contribution is 5.93. The molecule has 2 atom stereocenters. The highest BCUT2D eigenvalue weighted by Gasteiger charge is 2.31. The number of amides is 1. The van der Waals surface area contributed by atoms with Gasteiger partial charge in [0, 0.05) is 55.9 Å². The smallest absolute Gasteiger partial charge is 0.263 e. The van der Waals surface area contributed by atoms with Crippen molar-refractivity contribution in [2.24, 2.45) is 5.92 Å². The number of nitrogens with one attached hydrogen (secondary N) is 3. The summed E-state index contributed by atoms with van der Waals surface area (Å²) in [5, 5.41) is 9.54. The van der Waals surface area contributed by atoms with E-state index in [2.05, 4.69) is 20.9 Å². The summed E-state index contributed by atoms with van der Waals surface area (Å²) in [5.41, 5.74) is 3.16. The van der Waals surface area contributed by atoms with Crippen LogP contribution in [0.2, 0.25) is 0 Å². The molecule has 7 heteroatoms. The predicted molar refractivity (Wildman–Crippen MR) is 104 cm³/mol. The fourth-order valence-electron chi connectivity index (χ4n) is 4.10. The second kappa shape index (κ2) is 7.52. The normalized spacial score (nSPS) is 20.6. The van der Waals surface area contributed by atoms with Crippen molar-refractivity contribution in [2.45, 2.75) is 25.8 Å². The van der Waals surface area contributed by atoms with E-state index >= 15 is 0 Å². The van der Waals surface area contributed by atoms with E-state index in [1.54, 1.807) is 18.5 Å². The van der Waals surface area contributed by atoms with Crippen LogP contribution in [0.4, 0.5) is 5.69 Å². The quantitative estimate of drug-likeness (QED) is 0.689. The second-order valence-corrected chi connectivity index (χ2v) is 7.42. The molecule has 4 rings (SSSR count). The standard InChI is InChI=1S/C20H25N5O2/c1-13-9-21-5-4-17(13)23-6-7-24-19(26)16-2-3-18-15-8-14(10-22-11-15)12-25(18)20(16)27/h2-5,9,14-15,22H,6-8,10-12H2,1H3,(H,21,23)(H,24,26)/t14-,15+/m0/s1. The molecule has 0 aliphatic carbocycles. The molecule has 2 aliphatic heterocycles. The fraction of sp³-hybridized carbons (Fsp3) is 0.450. The molecule has 0 spiro atoms. The predicted octanol–water partition coefficient (Wildman–Crippen LogP) is 1.10. The van der Waals surface area contributed by atoms with Crippen molar-refractivity contribution in [3.63, 3.8) is 0 Å². The van der Waals surface area contributed by atoms with Crippen LogP contribution in [0.1, 0.15) is 34.0 Å². The molecule has 4 heterocycles. The lowest BCUT2D eigenvalue weighted by atomic mass is 9.84. The van der Waals surface area contributed by atoms with Gasteiger partial charge in [-0.2, -0.15) is 0 Å². The first-order valence-corrected chi connectivity index (χ1v) is 9.50. The Balaban J connectivity index is 1.40. The van der Waals surface area contributed by atoms with E-state index in [0.717, 1.165) is 36.5 Å². The average molecular weight is 367 g/mol. The maximum atomic E-state index is 12.8. The Labute approximate surface area is 158 Å². The van der Waals surface area contributed by atoms with Crippen LogP contribution in [-0.2, 0) is 6.54 Å². The van der Waals surface area contributed by atoms with Gasteiger partial charge in [-0.3, -0.25) is 14.6 Å². The van der Waals surface area contributed by atoms with Gasteiger partial charge >= 0.3 is 0 Å². The monoisotopic (exact) mass is 367 g/mol. The zero-order chi connectivity index (χ0) is 18.8. The number of hydrogen-bond donors (Lipinski definition) is 3. The summed E-state index contributed by atoms with van der Waals surface area (Å²) in [6.45, 7) is 5.55. The molecule has 1 fully saturated rings. The van der Waals surface area contributed by atoms with Crippen LogP contribution in [0.25, 0.3) is 0 Å². The number of piperidine rings is 1. The molecule has 2 aromatic heterocycles. The molecule has 1 amide bonds. The minimum atomic E-state index is -0.308. The summed E-state index contributed by atoms with van der Waals surface area (Å²) < 4.78 is 1.81. The lowest BCUT2D eigenvalue weighted by molar-refractivity contribution is 0.0952. The van der Waals surface area contributed by atoms with E-state index in [0.29, 0.717) is 31.5 Å². The number of aromatic nitrogens is 2. The topological polar surface area (TPSA) is 88.1 Å². The van der Waals surface area contributed by atoms with E-state index < -0.39 is 0 Å². The van der Waals surface area contributed by atoms with Gasteiger partial charge in [0.25, 0.3) is 11.5 Å². The first kappa shape index (κ1) is 17.7. The van der Waals surface area contributed by atoms with Gasteiger partial charge in [0.15, 0.2) is 0 Å². The summed E-state index contributed by atoms with van der Waals surface area (Å²) >= 11 is 0. The molecule has 7 nitrogen and oxygen atoms in total. The molecule has 1 saturated heterocycles. The Hall–Kier alpha value is -2.67. The fourth-order valence-corrected chi connectivity index (χ4v) is 4.10. The summed E-state index contributed by atoms with van der Waals surface area (Å²) in [4.78, 5) is 29.4. The molecule has 0 saturated carbocycles. The molecule has 2 aliphatic rings. The zero-order valence-electron chi connectivity index (χ0n) is 15.5. The average Bonchev–Trinajstić information content (AvgIpc) is 2.67. The molecule has 2 aromatic rings. The van der Waals surface area contributed by atoms with Gasteiger partial charge in [-0.25, -0.2) is 0 Å². The molecular formula is C20H25N5O2. The molecule has 0 radical (unpaired) electrons. The van der Waals surface area contributed by atoms with Gasteiger partial charge in [0.1, 0.15) is 5.56 Å². The van der Waals surface area contributed by atoms with E-state index in [1.165, 1.54) is 0 Å². The third kappa shape index (κ3) is 3.60. The van der Waals surface area contributed by atoms with Crippen LogP contribution in [0, 0.1) is 12.8 Å². The van der Waals surface area contributed by atoms with E-state index in [9.17, 15) is 9.59 Å². The van der Waals surface area contributed by atoms with Crippen LogP contribution < -0.4 is 21.5 Å². The third-order valence-corrected chi connectivity index (χ3v) is 5.50. The van der Waals surface area contributed by atoms with Crippen LogP contribution in [0.15, 0.2) is 35.4 Å². The number of carbonyl (C=O) groups excluding carboxylic acids is 1. The number of nitrogens with zero attached hydrogens (tertiary/aromatic N) is 2. The van der Waals surface area contributed by atoms with Crippen molar-refractivity contribution < 1.29 is 4.79 Å². The van der Waals surface area contributed by atoms with Crippen molar-refractivity contribution in [2.75, 3.05) is 31.5 Å². The van der Waals surface area contributed by atoms with Crippen molar-refractivity contribution in [3.8, 4) is 0 Å². The first-order chi connectivity index (χ1) is 13.1. The van der Waals surface area contributed by atoms with Crippen LogP contribution in [0.5, 0.6) is 0 Å². The molecule has 0 aromatic carbocycles. The number of hydrogen-bond acceptors (Lipinski definition) is 5. The molecule has 3 N–H and O–H groups in total. The summed E-state index contributed by atoms with van der Waals surface area (Å²) in [5.74, 6) is 0.535. The Kier molecular flexibility index (Phi) is 4.94. The first-order valence-electron chi connectivity index (χ1n) is 9.50. The van der Waals surface area contributed by atoms with E-state index in [4.69, 9.17) is 0 Å². The Morgan fingerprint density at radius 2 is 2.19 bits per heavy atom. The maximum Gasteiger partial charge on any atom is 0.263 e. The van der Waals surface area contributed by atoms with Crippen LogP contribution in [0.3, 0.4) is 0 Å². The highest BCUT2D eigenvalue weighted by Crippen LogP contribution is 2.31. The number of rotatable bonds is 5. The largest absolute Gasteiger partial charge is 0.383 e. The molecule has 0 unspecified atom stereocenters. The van der Waals surface area contributed by atoms with Gasteiger partial charge in [-0.05, 0) is 49.6 Å². The Morgan fingerprint density at radius 3 is 3.04 bits per heavy atom. The number of anilines is 1. The minimum absolute atomic E-state index is 0.167.